The highest BCUT2D eigenvalue weighted by molar-refractivity contribution is 7.22. The molecule has 0 radical (unpaired) electrons. The molecule has 0 fully saturated rings. The van der Waals surface area contributed by atoms with Crippen LogP contribution in [0.25, 0.3) is 10.2 Å². The summed E-state index contributed by atoms with van der Waals surface area (Å²) in [5.74, 6) is -1.40. The first kappa shape index (κ1) is 19.9. The molecule has 142 valence electrons. The molecule has 7 nitrogen and oxygen atoms in total. The van der Waals surface area contributed by atoms with E-state index in [9.17, 15) is 22.8 Å². The van der Waals surface area contributed by atoms with Gasteiger partial charge in [0.1, 0.15) is 5.75 Å². The third-order valence-electron chi connectivity index (χ3n) is 3.18. The third kappa shape index (κ3) is 5.85. The molecule has 0 aliphatic heterocycles. The molecule has 0 saturated heterocycles. The number of amides is 2. The maximum atomic E-state index is 12.2. The van der Waals surface area contributed by atoms with Crippen LogP contribution in [0.3, 0.4) is 0 Å². The van der Waals surface area contributed by atoms with E-state index in [1.54, 1.807) is 0 Å². The van der Waals surface area contributed by atoms with Crippen molar-refractivity contribution in [3.8, 4) is 5.75 Å². The molecule has 2 rings (SSSR count). The van der Waals surface area contributed by atoms with Gasteiger partial charge in [0.15, 0.2) is 11.3 Å². The van der Waals surface area contributed by atoms with Gasteiger partial charge in [-0.1, -0.05) is 24.7 Å². The van der Waals surface area contributed by atoms with Crippen LogP contribution in [-0.4, -0.2) is 29.3 Å². The van der Waals surface area contributed by atoms with E-state index in [1.807, 2.05) is 6.92 Å². The van der Waals surface area contributed by atoms with Crippen molar-refractivity contribution < 1.29 is 27.5 Å². The number of carbonyl (C=O) groups is 2. The van der Waals surface area contributed by atoms with Crippen molar-refractivity contribution in [1.29, 1.82) is 0 Å². The number of nitrogens with two attached hydrogens (primary N) is 1. The summed E-state index contributed by atoms with van der Waals surface area (Å²) in [5.41, 5.74) is 6.00. The van der Waals surface area contributed by atoms with Gasteiger partial charge in [0.25, 0.3) is 5.91 Å². The standard InChI is InChI=1S/C15H17F3N4O3S/c1-2-3-4-11(23)21-12(19)13(24)22-14-20-9-6-5-8(7-10(9)26-14)25-15(16,17)18/h5-7,12H,2-4,19H2,1H3,(H,21,23)(H,20,22,24)/t12-/m0/s1. The Morgan fingerprint density at radius 2 is 2.12 bits per heavy atom. The van der Waals surface area contributed by atoms with Gasteiger partial charge in [-0.3, -0.25) is 14.9 Å². The summed E-state index contributed by atoms with van der Waals surface area (Å²) in [5, 5.41) is 4.93. The SMILES string of the molecule is CCCCC(=O)N[C@H](N)C(=O)Nc1nc2ccc(OC(F)(F)F)cc2s1. The lowest BCUT2D eigenvalue weighted by Crippen LogP contribution is -2.49. The molecule has 2 aromatic rings. The number of unbranched alkanes of at least 4 members (excludes halogenated alkanes) is 1. The van der Waals surface area contributed by atoms with E-state index in [-0.39, 0.29) is 23.2 Å². The maximum absolute atomic E-state index is 12.2. The summed E-state index contributed by atoms with van der Waals surface area (Å²) in [4.78, 5) is 27.7. The zero-order chi connectivity index (χ0) is 19.3. The molecule has 2 amide bonds. The van der Waals surface area contributed by atoms with Crippen LogP contribution in [0.15, 0.2) is 18.2 Å². The average molecular weight is 390 g/mol. The highest BCUT2D eigenvalue weighted by Crippen LogP contribution is 2.31. The lowest BCUT2D eigenvalue weighted by molar-refractivity contribution is -0.274. The summed E-state index contributed by atoms with van der Waals surface area (Å²) in [7, 11) is 0. The van der Waals surface area contributed by atoms with Crippen molar-refractivity contribution in [1.82, 2.24) is 10.3 Å². The topological polar surface area (TPSA) is 106 Å². The Kier molecular flexibility index (Phi) is 6.37. The first-order valence-corrected chi connectivity index (χ1v) is 8.51. The normalized spacial score (nSPS) is 12.7. The van der Waals surface area contributed by atoms with Crippen LogP contribution in [0.4, 0.5) is 18.3 Å². The number of hydrogen-bond donors (Lipinski definition) is 3. The van der Waals surface area contributed by atoms with Crippen LogP contribution < -0.4 is 21.1 Å². The van der Waals surface area contributed by atoms with Crippen LogP contribution in [0.2, 0.25) is 0 Å². The number of aromatic nitrogens is 1. The molecule has 0 spiro atoms. The number of alkyl halides is 3. The van der Waals surface area contributed by atoms with E-state index >= 15 is 0 Å². The molecular weight excluding hydrogens is 373 g/mol. The van der Waals surface area contributed by atoms with E-state index in [2.05, 4.69) is 20.4 Å². The zero-order valence-electron chi connectivity index (χ0n) is 13.7. The predicted molar refractivity (Wildman–Crippen MR) is 90.6 cm³/mol. The minimum absolute atomic E-state index is 0.146. The number of carbonyl (C=O) groups excluding carboxylic acids is 2. The molecule has 11 heteroatoms. The molecule has 0 aliphatic carbocycles. The van der Waals surface area contributed by atoms with Crippen LogP contribution >= 0.6 is 11.3 Å². The van der Waals surface area contributed by atoms with Crippen molar-refractivity contribution in [3.05, 3.63) is 18.2 Å². The van der Waals surface area contributed by atoms with Gasteiger partial charge in [-0.25, -0.2) is 4.98 Å². The van der Waals surface area contributed by atoms with E-state index in [0.717, 1.165) is 23.8 Å². The number of halogens is 3. The van der Waals surface area contributed by atoms with E-state index in [4.69, 9.17) is 5.73 Å². The van der Waals surface area contributed by atoms with Crippen LogP contribution in [0.1, 0.15) is 26.2 Å². The molecular formula is C15H17F3N4O3S. The number of nitrogens with one attached hydrogen (secondary N) is 2. The second-order valence-corrected chi connectivity index (χ2v) is 6.36. The number of rotatable bonds is 7. The largest absolute Gasteiger partial charge is 0.573 e. The first-order valence-electron chi connectivity index (χ1n) is 7.70. The summed E-state index contributed by atoms with van der Waals surface area (Å²) in [6.45, 7) is 1.93. The molecule has 1 heterocycles. The van der Waals surface area contributed by atoms with Crippen molar-refractivity contribution >= 4 is 38.5 Å². The van der Waals surface area contributed by atoms with E-state index in [1.165, 1.54) is 12.1 Å². The smallest absolute Gasteiger partial charge is 0.406 e. The number of thiazole rings is 1. The fourth-order valence-electron chi connectivity index (χ4n) is 1.99. The van der Waals surface area contributed by atoms with Gasteiger partial charge in [-0.2, -0.15) is 0 Å². The summed E-state index contributed by atoms with van der Waals surface area (Å²) < 4.78 is 41.0. The Bertz CT molecular complexity index is 794. The number of anilines is 1. The lowest BCUT2D eigenvalue weighted by Gasteiger charge is -2.12. The van der Waals surface area contributed by atoms with Crippen LogP contribution in [0, 0.1) is 0 Å². The minimum atomic E-state index is -4.79. The highest BCUT2D eigenvalue weighted by atomic mass is 32.1. The summed E-state index contributed by atoms with van der Waals surface area (Å²) in [6, 6.07) is 3.64. The molecule has 4 N–H and O–H groups in total. The third-order valence-corrected chi connectivity index (χ3v) is 4.11. The Labute approximate surface area is 150 Å². The summed E-state index contributed by atoms with van der Waals surface area (Å²) >= 11 is 0.957. The molecule has 0 saturated carbocycles. The average Bonchev–Trinajstić information content (AvgIpc) is 2.92. The molecule has 0 aliphatic rings. The van der Waals surface area contributed by atoms with Gasteiger partial charge in [0, 0.05) is 12.5 Å². The first-order chi connectivity index (χ1) is 12.2. The highest BCUT2D eigenvalue weighted by Gasteiger charge is 2.31. The molecule has 1 aromatic carbocycles. The lowest BCUT2D eigenvalue weighted by atomic mass is 10.2. The van der Waals surface area contributed by atoms with E-state index < -0.39 is 18.4 Å². The number of fused-ring (bicyclic) bond motifs is 1. The quantitative estimate of drug-likeness (QED) is 0.631. The Hall–Kier alpha value is -2.40. The van der Waals surface area contributed by atoms with E-state index in [0.29, 0.717) is 16.6 Å². The van der Waals surface area contributed by atoms with Gasteiger partial charge < -0.3 is 15.8 Å². The fourth-order valence-corrected chi connectivity index (χ4v) is 2.88. The molecule has 1 atom stereocenters. The minimum Gasteiger partial charge on any atom is -0.406 e. The molecule has 1 aromatic heterocycles. The van der Waals surface area contributed by atoms with Gasteiger partial charge in [-0.15, -0.1) is 13.2 Å². The Balaban J connectivity index is 2.01. The maximum Gasteiger partial charge on any atom is 0.573 e. The van der Waals surface area contributed by atoms with Crippen molar-refractivity contribution in [2.45, 2.75) is 38.7 Å². The van der Waals surface area contributed by atoms with Crippen molar-refractivity contribution in [2.75, 3.05) is 5.32 Å². The molecule has 0 unspecified atom stereocenters. The second kappa shape index (κ2) is 8.32. The van der Waals surface area contributed by atoms with Gasteiger partial charge >= 0.3 is 6.36 Å². The fraction of sp³-hybridized carbons (Fsp3) is 0.400. The van der Waals surface area contributed by atoms with Gasteiger partial charge in [0.05, 0.1) is 10.2 Å². The van der Waals surface area contributed by atoms with Gasteiger partial charge in [0.2, 0.25) is 5.91 Å². The van der Waals surface area contributed by atoms with Crippen LogP contribution in [0.5, 0.6) is 5.75 Å². The van der Waals surface area contributed by atoms with Crippen molar-refractivity contribution in [3.63, 3.8) is 0 Å². The number of nitrogens with zero attached hydrogens (tertiary/aromatic N) is 1. The Morgan fingerprint density at radius 1 is 1.38 bits per heavy atom. The second-order valence-electron chi connectivity index (χ2n) is 5.33. The van der Waals surface area contributed by atoms with Gasteiger partial charge in [-0.05, 0) is 18.6 Å². The summed E-state index contributed by atoms with van der Waals surface area (Å²) in [6.07, 6.45) is -4.27. The Morgan fingerprint density at radius 3 is 2.77 bits per heavy atom. The monoisotopic (exact) mass is 390 g/mol. The molecule has 0 bridgehead atoms. The van der Waals surface area contributed by atoms with Crippen LogP contribution in [-0.2, 0) is 9.59 Å². The molecule has 26 heavy (non-hydrogen) atoms. The number of ether oxygens (including phenoxy) is 1. The van der Waals surface area contributed by atoms with Crippen molar-refractivity contribution in [2.24, 2.45) is 5.73 Å². The number of benzene rings is 1. The zero-order valence-corrected chi connectivity index (χ0v) is 14.5. The number of hydrogen-bond acceptors (Lipinski definition) is 6. The predicted octanol–water partition coefficient (Wildman–Crippen LogP) is 2.72.